The lowest BCUT2D eigenvalue weighted by molar-refractivity contribution is -0.474. The summed E-state index contributed by atoms with van der Waals surface area (Å²) in [5, 5.41) is 0. The van der Waals surface area contributed by atoms with Crippen LogP contribution < -0.4 is 0 Å². The molecule has 1 aliphatic heterocycles. The average Bonchev–Trinajstić information content (AvgIpc) is 2.01. The zero-order valence-corrected chi connectivity index (χ0v) is 8.30. The zero-order valence-electron chi connectivity index (χ0n) is 6.71. The van der Waals surface area contributed by atoms with Crippen LogP contribution in [0.15, 0.2) is 28.7 Å². The molecule has 0 saturated carbocycles. The molecular formula is C9H9BrO2. The fourth-order valence-corrected chi connectivity index (χ4v) is 1.95. The molecule has 0 bridgehead atoms. The lowest BCUT2D eigenvalue weighted by Gasteiger charge is -2.36. The van der Waals surface area contributed by atoms with Gasteiger partial charge < -0.3 is 0 Å². The minimum atomic E-state index is -0.264. The average molecular weight is 229 g/mol. The van der Waals surface area contributed by atoms with Crippen LogP contribution in [0.3, 0.4) is 0 Å². The molecule has 64 valence electrons. The van der Waals surface area contributed by atoms with Crippen LogP contribution in [0.1, 0.15) is 12.5 Å². The van der Waals surface area contributed by atoms with Crippen LogP contribution >= 0.6 is 15.9 Å². The van der Waals surface area contributed by atoms with Crippen LogP contribution in [0.4, 0.5) is 0 Å². The van der Waals surface area contributed by atoms with E-state index in [9.17, 15) is 0 Å². The molecule has 0 N–H and O–H groups in total. The Morgan fingerprint density at radius 1 is 1.42 bits per heavy atom. The van der Waals surface area contributed by atoms with Crippen LogP contribution in [0.25, 0.3) is 0 Å². The summed E-state index contributed by atoms with van der Waals surface area (Å²) in [7, 11) is 0. The normalized spacial score (nSPS) is 28.2. The summed E-state index contributed by atoms with van der Waals surface area (Å²) in [6.45, 7) is 2.63. The smallest absolute Gasteiger partial charge is 0.153 e. The Morgan fingerprint density at radius 3 is 2.58 bits per heavy atom. The number of halogens is 1. The lowest BCUT2D eigenvalue weighted by Crippen LogP contribution is -2.41. The molecule has 1 aromatic carbocycles. The van der Waals surface area contributed by atoms with Gasteiger partial charge >= 0.3 is 0 Å². The maximum atomic E-state index is 5.06. The summed E-state index contributed by atoms with van der Waals surface area (Å²) in [4.78, 5) is 9.78. The number of hydrogen-bond donors (Lipinski definition) is 0. The molecule has 1 fully saturated rings. The van der Waals surface area contributed by atoms with E-state index < -0.39 is 0 Å². The van der Waals surface area contributed by atoms with Gasteiger partial charge in [0.1, 0.15) is 6.61 Å². The molecule has 1 aromatic rings. The van der Waals surface area contributed by atoms with E-state index in [1.54, 1.807) is 0 Å². The Morgan fingerprint density at radius 2 is 2.08 bits per heavy atom. The van der Waals surface area contributed by atoms with E-state index in [2.05, 4.69) is 15.9 Å². The van der Waals surface area contributed by atoms with Gasteiger partial charge in [0.15, 0.2) is 5.60 Å². The predicted octanol–water partition coefficient (Wildman–Crippen LogP) is 2.63. The minimum Gasteiger partial charge on any atom is -0.232 e. The Bertz CT molecular complexity index is 294. The Labute approximate surface area is 79.5 Å². The largest absolute Gasteiger partial charge is 0.232 e. The van der Waals surface area contributed by atoms with Crippen LogP contribution in [-0.4, -0.2) is 6.61 Å². The van der Waals surface area contributed by atoms with E-state index in [0.29, 0.717) is 6.61 Å². The van der Waals surface area contributed by atoms with Crippen molar-refractivity contribution in [3.8, 4) is 0 Å². The van der Waals surface area contributed by atoms with Crippen molar-refractivity contribution in [3.63, 3.8) is 0 Å². The molecule has 2 rings (SSSR count). The van der Waals surface area contributed by atoms with Gasteiger partial charge in [0.05, 0.1) is 0 Å². The highest BCUT2D eigenvalue weighted by Crippen LogP contribution is 2.37. The van der Waals surface area contributed by atoms with Crippen molar-refractivity contribution in [2.24, 2.45) is 0 Å². The van der Waals surface area contributed by atoms with Gasteiger partial charge in [-0.3, -0.25) is 0 Å². The molecule has 2 nitrogen and oxygen atoms in total. The molecule has 1 unspecified atom stereocenters. The summed E-state index contributed by atoms with van der Waals surface area (Å²) >= 11 is 3.47. The first kappa shape index (κ1) is 8.23. The highest BCUT2D eigenvalue weighted by atomic mass is 79.9. The molecule has 0 amide bonds. The van der Waals surface area contributed by atoms with Gasteiger partial charge in [-0.2, -0.15) is 0 Å². The first-order chi connectivity index (χ1) is 5.72. The molecule has 3 heteroatoms. The number of hydrogen-bond acceptors (Lipinski definition) is 2. The van der Waals surface area contributed by atoms with Crippen LogP contribution in [0.2, 0.25) is 0 Å². The van der Waals surface area contributed by atoms with Crippen molar-refractivity contribution < 1.29 is 9.78 Å². The lowest BCUT2D eigenvalue weighted by atomic mass is 9.96. The molecule has 1 atom stereocenters. The van der Waals surface area contributed by atoms with Crippen molar-refractivity contribution in [1.29, 1.82) is 0 Å². The monoisotopic (exact) mass is 228 g/mol. The topological polar surface area (TPSA) is 18.5 Å². The fourth-order valence-electron chi connectivity index (χ4n) is 1.25. The van der Waals surface area contributed by atoms with Gasteiger partial charge in [0.2, 0.25) is 0 Å². The van der Waals surface area contributed by atoms with Gasteiger partial charge in [-0.1, -0.05) is 34.1 Å². The SMILES string of the molecule is CC1(c2ccccc2Br)COO1. The molecular weight excluding hydrogens is 220 g/mol. The molecule has 0 spiro atoms. The predicted molar refractivity (Wildman–Crippen MR) is 48.5 cm³/mol. The van der Waals surface area contributed by atoms with Crippen molar-refractivity contribution >= 4 is 15.9 Å². The minimum absolute atomic E-state index is 0.264. The quantitative estimate of drug-likeness (QED) is 0.689. The van der Waals surface area contributed by atoms with Gasteiger partial charge in [0.25, 0.3) is 0 Å². The molecule has 0 radical (unpaired) electrons. The second-order valence-electron chi connectivity index (χ2n) is 3.06. The highest BCUT2D eigenvalue weighted by molar-refractivity contribution is 9.10. The first-order valence-corrected chi connectivity index (χ1v) is 4.57. The van der Waals surface area contributed by atoms with E-state index in [1.165, 1.54) is 0 Å². The van der Waals surface area contributed by atoms with Gasteiger partial charge in [-0.25, -0.2) is 9.78 Å². The molecule has 1 heterocycles. The maximum absolute atomic E-state index is 5.06. The summed E-state index contributed by atoms with van der Waals surface area (Å²) in [6.07, 6.45) is 0. The van der Waals surface area contributed by atoms with Crippen LogP contribution in [0, 0.1) is 0 Å². The molecule has 12 heavy (non-hydrogen) atoms. The molecule has 1 saturated heterocycles. The third kappa shape index (κ3) is 1.18. The molecule has 0 aromatic heterocycles. The van der Waals surface area contributed by atoms with Gasteiger partial charge in [0, 0.05) is 10.0 Å². The van der Waals surface area contributed by atoms with Crippen molar-refractivity contribution in [2.75, 3.05) is 6.61 Å². The second-order valence-corrected chi connectivity index (χ2v) is 3.91. The van der Waals surface area contributed by atoms with E-state index in [-0.39, 0.29) is 5.60 Å². The summed E-state index contributed by atoms with van der Waals surface area (Å²) < 4.78 is 1.07. The Balaban J connectivity index is 2.39. The third-order valence-corrected chi connectivity index (χ3v) is 2.71. The summed E-state index contributed by atoms with van der Waals surface area (Å²) in [5.41, 5.74) is 0.872. The summed E-state index contributed by atoms with van der Waals surface area (Å²) in [6, 6.07) is 8.01. The van der Waals surface area contributed by atoms with Crippen molar-refractivity contribution in [1.82, 2.24) is 0 Å². The molecule has 0 aliphatic carbocycles. The van der Waals surface area contributed by atoms with Crippen molar-refractivity contribution in [2.45, 2.75) is 12.5 Å². The zero-order chi connectivity index (χ0) is 8.60. The standard InChI is InChI=1S/C9H9BrO2/c1-9(6-11-12-9)7-4-2-3-5-8(7)10/h2-5H,6H2,1H3. The maximum Gasteiger partial charge on any atom is 0.153 e. The van der Waals surface area contributed by atoms with E-state index >= 15 is 0 Å². The van der Waals surface area contributed by atoms with Gasteiger partial charge in [-0.05, 0) is 13.0 Å². The van der Waals surface area contributed by atoms with E-state index in [1.807, 2.05) is 31.2 Å². The number of benzene rings is 1. The molecule has 1 aliphatic rings. The van der Waals surface area contributed by atoms with Crippen LogP contribution in [-0.2, 0) is 15.4 Å². The van der Waals surface area contributed by atoms with Gasteiger partial charge in [-0.15, -0.1) is 0 Å². The van der Waals surface area contributed by atoms with Crippen molar-refractivity contribution in [3.05, 3.63) is 34.3 Å². The Kier molecular flexibility index (Phi) is 1.94. The Hall–Kier alpha value is -0.380. The summed E-state index contributed by atoms with van der Waals surface area (Å²) in [5.74, 6) is 0. The third-order valence-electron chi connectivity index (χ3n) is 2.02. The van der Waals surface area contributed by atoms with E-state index in [4.69, 9.17) is 9.78 Å². The number of rotatable bonds is 1. The fraction of sp³-hybridized carbons (Fsp3) is 0.333. The van der Waals surface area contributed by atoms with Crippen LogP contribution in [0.5, 0.6) is 0 Å². The van der Waals surface area contributed by atoms with E-state index in [0.717, 1.165) is 10.0 Å². The first-order valence-electron chi connectivity index (χ1n) is 3.78. The highest BCUT2D eigenvalue weighted by Gasteiger charge is 2.39. The second kappa shape index (κ2) is 2.83.